The summed E-state index contributed by atoms with van der Waals surface area (Å²) in [6, 6.07) is 0. The molecule has 43 heavy (non-hydrogen) atoms. The molecule has 0 aromatic rings. The number of allylic oxidation sites excluding steroid dienone is 2. The lowest BCUT2D eigenvalue weighted by molar-refractivity contribution is -0.123. The molecular weight excluding hydrogens is 576 g/mol. The van der Waals surface area contributed by atoms with E-state index in [2.05, 4.69) is 48.4 Å². The monoisotopic (exact) mass is 628 g/mol. The molecule has 0 aromatic carbocycles. The molecule has 0 rings (SSSR count). The summed E-state index contributed by atoms with van der Waals surface area (Å²) in [7, 11) is 3.31. The summed E-state index contributed by atoms with van der Waals surface area (Å²) in [4.78, 5) is 56.9. The van der Waals surface area contributed by atoms with Crippen LogP contribution in [0.5, 0.6) is 0 Å². The third-order valence-corrected chi connectivity index (χ3v) is 5.65. The van der Waals surface area contributed by atoms with Gasteiger partial charge in [-0.2, -0.15) is 8.42 Å². The molecule has 0 radical (unpaired) electrons. The van der Waals surface area contributed by atoms with Crippen LogP contribution in [0.1, 0.15) is 46.5 Å². The van der Waals surface area contributed by atoms with Gasteiger partial charge in [-0.1, -0.05) is 32.9 Å². The van der Waals surface area contributed by atoms with Crippen LogP contribution in [0.3, 0.4) is 0 Å². The lowest BCUT2D eigenvalue weighted by atomic mass is 10.1. The highest BCUT2D eigenvalue weighted by atomic mass is 32.2. The zero-order valence-corrected chi connectivity index (χ0v) is 27.7. The molecular formula is C30H52N4O8S. The first-order valence-corrected chi connectivity index (χ1v) is 14.8. The van der Waals surface area contributed by atoms with Crippen LogP contribution < -0.4 is 10.6 Å². The molecule has 0 aliphatic heterocycles. The van der Waals surface area contributed by atoms with Crippen molar-refractivity contribution in [1.82, 2.24) is 20.4 Å². The van der Waals surface area contributed by atoms with Gasteiger partial charge >= 0.3 is 0 Å². The number of rotatable bonds is 16. The summed E-state index contributed by atoms with van der Waals surface area (Å²) in [5.74, 6) is -1.13. The standard InChI is InChI=1S/C9H18N2O.C9H12O2.C7H13NO4S.C5H9NO/c1-8(2)9(12)10-6-5-7-11(3)4;1-3-8(10)6-5-7-9(11)4-2;1-4-6(9)8-7(2,3)5-13(10,11)12;1-4-5(7)6(2)3/h1,5-7H2,2-4H3,(H,10,12);3-4H,1-2,5-7H2;4H,1,5H2,2-3H3,(H,8,9)(H,10,11,12);4H,1H2,2-3H3. The molecule has 0 fully saturated rings. The maximum Gasteiger partial charge on any atom is 0.267 e. The zero-order chi connectivity index (χ0) is 34.8. The third-order valence-electron chi connectivity index (χ3n) is 4.56. The van der Waals surface area contributed by atoms with Gasteiger partial charge in [-0.3, -0.25) is 28.5 Å². The zero-order valence-electron chi connectivity index (χ0n) is 26.9. The molecule has 0 aliphatic rings. The molecule has 13 heteroatoms. The first-order valence-electron chi connectivity index (χ1n) is 13.2. The van der Waals surface area contributed by atoms with Crippen LogP contribution in [0, 0.1) is 0 Å². The number of nitrogens with zero attached hydrogens (tertiary/aromatic N) is 2. The first kappa shape index (κ1) is 46.3. The van der Waals surface area contributed by atoms with Gasteiger partial charge in [-0.15, -0.1) is 0 Å². The summed E-state index contributed by atoms with van der Waals surface area (Å²) in [6.07, 6.45) is 7.25. The second kappa shape index (κ2) is 26.0. The van der Waals surface area contributed by atoms with Crippen LogP contribution in [0.4, 0.5) is 0 Å². The summed E-state index contributed by atoms with van der Waals surface area (Å²) < 4.78 is 29.5. The number of hydrogen-bond acceptors (Lipinski definition) is 8. The van der Waals surface area contributed by atoms with E-state index >= 15 is 0 Å². The Morgan fingerprint density at radius 2 is 1.30 bits per heavy atom. The molecule has 0 heterocycles. The van der Waals surface area contributed by atoms with Crippen LogP contribution in [0.15, 0.2) is 62.8 Å². The molecule has 0 saturated heterocycles. The molecule has 0 aromatic heterocycles. The van der Waals surface area contributed by atoms with E-state index in [1.165, 1.54) is 37.0 Å². The summed E-state index contributed by atoms with van der Waals surface area (Å²) in [5, 5.41) is 5.14. The van der Waals surface area contributed by atoms with Crippen LogP contribution in [-0.2, 0) is 34.1 Å². The van der Waals surface area contributed by atoms with Crippen LogP contribution in [0.25, 0.3) is 0 Å². The predicted octanol–water partition coefficient (Wildman–Crippen LogP) is 2.51. The van der Waals surface area contributed by atoms with Crippen molar-refractivity contribution in [2.45, 2.75) is 52.0 Å². The van der Waals surface area contributed by atoms with Crippen molar-refractivity contribution in [2.24, 2.45) is 0 Å². The van der Waals surface area contributed by atoms with E-state index in [1.54, 1.807) is 21.0 Å². The van der Waals surface area contributed by atoms with E-state index in [9.17, 15) is 32.4 Å². The van der Waals surface area contributed by atoms with Crippen molar-refractivity contribution in [3.63, 3.8) is 0 Å². The maximum atomic E-state index is 11.0. The van der Waals surface area contributed by atoms with Crippen molar-refractivity contribution in [2.75, 3.05) is 47.0 Å². The molecule has 3 N–H and O–H groups in total. The Labute approximate surface area is 258 Å². The number of ketones is 2. The van der Waals surface area contributed by atoms with Crippen molar-refractivity contribution in [3.8, 4) is 0 Å². The highest BCUT2D eigenvalue weighted by Gasteiger charge is 2.25. The minimum absolute atomic E-state index is 0.0122. The molecule has 246 valence electrons. The molecule has 0 unspecified atom stereocenters. The number of nitrogens with one attached hydrogen (secondary N) is 2. The van der Waals surface area contributed by atoms with Gasteiger partial charge in [0.2, 0.25) is 17.7 Å². The van der Waals surface area contributed by atoms with Gasteiger partial charge in [0.05, 0.1) is 11.3 Å². The minimum atomic E-state index is -4.08. The Bertz CT molecular complexity index is 1040. The lowest BCUT2D eigenvalue weighted by Gasteiger charge is -2.23. The predicted molar refractivity (Wildman–Crippen MR) is 173 cm³/mol. The fourth-order valence-corrected chi connectivity index (χ4v) is 3.43. The molecule has 0 bridgehead atoms. The number of amides is 3. The molecule has 0 atom stereocenters. The largest absolute Gasteiger partial charge is 0.352 e. The topological polar surface area (TPSA) is 170 Å². The van der Waals surface area contributed by atoms with Crippen LogP contribution in [-0.4, -0.2) is 105 Å². The van der Waals surface area contributed by atoms with Crippen LogP contribution in [0.2, 0.25) is 0 Å². The van der Waals surface area contributed by atoms with E-state index in [0.29, 0.717) is 24.8 Å². The number of likely N-dealkylation sites (N-methyl/N-ethyl adjacent to an activating group) is 1. The van der Waals surface area contributed by atoms with Gasteiger partial charge < -0.3 is 20.4 Å². The summed E-state index contributed by atoms with van der Waals surface area (Å²) in [5.41, 5.74) is -0.432. The smallest absolute Gasteiger partial charge is 0.267 e. The Kier molecular flexibility index (Phi) is 28.0. The fraction of sp³-hybridized carbons (Fsp3) is 0.500. The fourth-order valence-electron chi connectivity index (χ4n) is 2.45. The molecule has 0 saturated carbocycles. The molecule has 0 aliphatic carbocycles. The SMILES string of the molecule is C=C(C)C(=O)NCCCN(C)C.C=CC(=O)CCCC(=O)C=C.C=CC(=O)N(C)C.C=CC(=O)NC(C)(C)CS(=O)(=O)O. The minimum Gasteiger partial charge on any atom is -0.352 e. The van der Waals surface area contributed by atoms with Crippen molar-refractivity contribution in [1.29, 1.82) is 0 Å². The highest BCUT2D eigenvalue weighted by Crippen LogP contribution is 2.05. The Hall–Kier alpha value is -3.68. The van der Waals surface area contributed by atoms with Crippen molar-refractivity contribution >= 4 is 39.4 Å². The quantitative estimate of drug-likeness (QED) is 0.132. The number of carbonyl (C=O) groups excluding carboxylic acids is 5. The highest BCUT2D eigenvalue weighted by molar-refractivity contribution is 7.85. The van der Waals surface area contributed by atoms with Gasteiger partial charge in [0.15, 0.2) is 11.6 Å². The first-order chi connectivity index (χ1) is 19.6. The maximum absolute atomic E-state index is 11.0. The average Bonchev–Trinajstić information content (AvgIpc) is 2.89. The van der Waals surface area contributed by atoms with Crippen molar-refractivity contribution < 1.29 is 36.9 Å². The summed E-state index contributed by atoms with van der Waals surface area (Å²) >= 11 is 0. The molecule has 0 spiro atoms. The number of hydrogen-bond donors (Lipinski definition) is 3. The average molecular weight is 629 g/mol. The van der Waals surface area contributed by atoms with E-state index in [1.807, 2.05) is 14.1 Å². The normalized spacial score (nSPS) is 9.98. The van der Waals surface area contributed by atoms with E-state index in [0.717, 1.165) is 25.6 Å². The van der Waals surface area contributed by atoms with E-state index in [-0.39, 0.29) is 23.4 Å². The van der Waals surface area contributed by atoms with Crippen molar-refractivity contribution in [3.05, 3.63) is 62.8 Å². The molecule has 12 nitrogen and oxygen atoms in total. The van der Waals surface area contributed by atoms with Gasteiger partial charge in [-0.05, 0) is 78.6 Å². The molecule has 3 amide bonds. The third kappa shape index (κ3) is 38.3. The Balaban J connectivity index is -0.000000241. The second-order valence-electron chi connectivity index (χ2n) is 10.1. The Morgan fingerprint density at radius 3 is 1.58 bits per heavy atom. The van der Waals surface area contributed by atoms with Crippen LogP contribution >= 0.6 is 0 Å². The van der Waals surface area contributed by atoms with E-state index in [4.69, 9.17) is 4.55 Å². The second-order valence-corrected chi connectivity index (χ2v) is 11.6. The van der Waals surface area contributed by atoms with Gasteiger partial charge in [0.25, 0.3) is 10.1 Å². The van der Waals surface area contributed by atoms with Gasteiger partial charge in [-0.25, -0.2) is 0 Å². The Morgan fingerprint density at radius 1 is 0.837 bits per heavy atom. The number of carbonyl (C=O) groups is 5. The van der Waals surface area contributed by atoms with Gasteiger partial charge in [0, 0.05) is 39.1 Å². The van der Waals surface area contributed by atoms with Gasteiger partial charge in [0.1, 0.15) is 0 Å². The lowest BCUT2D eigenvalue weighted by Crippen LogP contribution is -2.47. The van der Waals surface area contributed by atoms with E-state index < -0.39 is 27.3 Å². The summed E-state index contributed by atoms with van der Waals surface area (Å²) in [6.45, 7) is 23.1.